The lowest BCUT2D eigenvalue weighted by molar-refractivity contribution is -0.136. The molecule has 16 heavy (non-hydrogen) atoms. The number of hydrogen-bond acceptors (Lipinski definition) is 5. The Bertz CT molecular complexity index is 267. The molecule has 0 aliphatic rings. The predicted octanol–water partition coefficient (Wildman–Crippen LogP) is -0.0963. The molecule has 0 heterocycles. The van der Waals surface area contributed by atoms with Gasteiger partial charge in [-0.15, -0.1) is 0 Å². The summed E-state index contributed by atoms with van der Waals surface area (Å²) in [5.41, 5.74) is 3.93. The first-order valence-electron chi connectivity index (χ1n) is 5.19. The zero-order valence-electron chi connectivity index (χ0n) is 9.35. The molecule has 5 heteroatoms. The second-order valence-electron chi connectivity index (χ2n) is 3.80. The maximum Gasteiger partial charge on any atom is 0.144 e. The first kappa shape index (κ1) is 14.6. The Balaban J connectivity index is 4.74. The average molecular weight is 227 g/mol. The van der Waals surface area contributed by atoms with Gasteiger partial charge in [-0.05, 0) is 19.4 Å². The van der Waals surface area contributed by atoms with Crippen LogP contribution >= 0.6 is 0 Å². The van der Waals surface area contributed by atoms with Crippen molar-refractivity contribution < 1.29 is 19.2 Å². The highest BCUT2D eigenvalue weighted by Gasteiger charge is 2.33. The van der Waals surface area contributed by atoms with E-state index in [0.717, 1.165) is 0 Å². The minimum Gasteiger partial charge on any atom is -0.330 e. The van der Waals surface area contributed by atoms with Gasteiger partial charge in [0.15, 0.2) is 0 Å². The second-order valence-corrected chi connectivity index (χ2v) is 3.80. The number of carbonyl (C=O) groups is 4. The number of nitrogens with two attached hydrogens (primary N) is 1. The largest absolute Gasteiger partial charge is 0.330 e. The number of rotatable bonds is 9. The van der Waals surface area contributed by atoms with Gasteiger partial charge in [0.2, 0.25) is 0 Å². The maximum atomic E-state index is 11.6. The second kappa shape index (κ2) is 7.00. The molecule has 0 aliphatic carbocycles. The molecular weight excluding hydrogens is 210 g/mol. The standard InChI is InChI=1S/C11H17NO4/c1-2-9(6-13)10(16)5-11(7-14,8-15)3-4-12/h6-9H,2-5,12H2,1H3. The van der Waals surface area contributed by atoms with Crippen molar-refractivity contribution in [3.8, 4) is 0 Å². The van der Waals surface area contributed by atoms with Crippen molar-refractivity contribution in [1.82, 2.24) is 0 Å². The number of hydrogen-bond donors (Lipinski definition) is 1. The van der Waals surface area contributed by atoms with Crippen LogP contribution in [0.4, 0.5) is 0 Å². The quantitative estimate of drug-likeness (QED) is 0.438. The topological polar surface area (TPSA) is 94.3 Å². The van der Waals surface area contributed by atoms with Gasteiger partial charge in [-0.1, -0.05) is 6.92 Å². The molecule has 0 aromatic rings. The van der Waals surface area contributed by atoms with Gasteiger partial charge in [-0.2, -0.15) is 0 Å². The average Bonchev–Trinajstić information content (AvgIpc) is 2.30. The van der Waals surface area contributed by atoms with E-state index in [2.05, 4.69) is 0 Å². The van der Waals surface area contributed by atoms with Gasteiger partial charge in [-0.3, -0.25) is 4.79 Å². The molecule has 0 aromatic carbocycles. The Hall–Kier alpha value is -1.36. The van der Waals surface area contributed by atoms with Crippen LogP contribution in [0.15, 0.2) is 0 Å². The van der Waals surface area contributed by atoms with E-state index in [1.165, 1.54) is 0 Å². The van der Waals surface area contributed by atoms with Crippen LogP contribution in [-0.4, -0.2) is 31.2 Å². The third-order valence-corrected chi connectivity index (χ3v) is 2.60. The van der Waals surface area contributed by atoms with E-state index in [9.17, 15) is 19.2 Å². The minimum absolute atomic E-state index is 0.126. The summed E-state index contributed by atoms with van der Waals surface area (Å²) >= 11 is 0. The summed E-state index contributed by atoms with van der Waals surface area (Å²) in [6, 6.07) is 0. The summed E-state index contributed by atoms with van der Waals surface area (Å²) in [5.74, 6) is -1.12. The fourth-order valence-corrected chi connectivity index (χ4v) is 1.44. The van der Waals surface area contributed by atoms with E-state index in [1.807, 2.05) is 0 Å². The molecule has 0 aliphatic heterocycles. The summed E-state index contributed by atoms with van der Waals surface area (Å²) in [7, 11) is 0. The molecule has 1 atom stereocenters. The van der Waals surface area contributed by atoms with Crippen molar-refractivity contribution in [3.63, 3.8) is 0 Å². The molecule has 0 saturated heterocycles. The van der Waals surface area contributed by atoms with Crippen LogP contribution in [0.2, 0.25) is 0 Å². The fourth-order valence-electron chi connectivity index (χ4n) is 1.44. The molecule has 90 valence electrons. The number of Topliss-reactive ketones (excluding diaryl/α,β-unsaturated/α-hetero) is 1. The van der Waals surface area contributed by atoms with E-state index in [4.69, 9.17) is 5.73 Å². The lowest BCUT2D eigenvalue weighted by Gasteiger charge is -2.20. The third kappa shape index (κ3) is 3.66. The molecule has 0 aromatic heterocycles. The molecule has 0 radical (unpaired) electrons. The highest BCUT2D eigenvalue weighted by molar-refractivity contribution is 5.98. The van der Waals surface area contributed by atoms with Crippen molar-refractivity contribution in [3.05, 3.63) is 0 Å². The van der Waals surface area contributed by atoms with Gasteiger partial charge in [0.25, 0.3) is 0 Å². The van der Waals surface area contributed by atoms with Crippen molar-refractivity contribution >= 4 is 24.6 Å². The van der Waals surface area contributed by atoms with Crippen LogP contribution in [0.3, 0.4) is 0 Å². The Labute approximate surface area is 94.4 Å². The lowest BCUT2D eigenvalue weighted by atomic mass is 9.80. The summed E-state index contributed by atoms with van der Waals surface area (Å²) in [6.07, 6.45) is 1.70. The Kier molecular flexibility index (Phi) is 6.41. The zero-order valence-corrected chi connectivity index (χ0v) is 9.35. The van der Waals surface area contributed by atoms with Crippen molar-refractivity contribution in [2.75, 3.05) is 6.54 Å². The fraction of sp³-hybridized carbons (Fsp3) is 0.636. The summed E-state index contributed by atoms with van der Waals surface area (Å²) in [5, 5.41) is 0. The van der Waals surface area contributed by atoms with Crippen LogP contribution in [0, 0.1) is 11.3 Å². The van der Waals surface area contributed by atoms with E-state index >= 15 is 0 Å². The molecule has 1 unspecified atom stereocenters. The molecule has 0 fully saturated rings. The van der Waals surface area contributed by atoms with Gasteiger partial charge in [0, 0.05) is 6.42 Å². The van der Waals surface area contributed by atoms with Gasteiger partial charge >= 0.3 is 0 Å². The molecule has 0 bridgehead atoms. The Morgan fingerprint density at radius 3 is 2.19 bits per heavy atom. The van der Waals surface area contributed by atoms with Gasteiger partial charge < -0.3 is 20.1 Å². The SMILES string of the molecule is CCC(C=O)C(=O)CC(C=O)(C=O)CCN. The van der Waals surface area contributed by atoms with Gasteiger partial charge in [0.1, 0.15) is 24.6 Å². The maximum absolute atomic E-state index is 11.6. The van der Waals surface area contributed by atoms with Gasteiger partial charge in [-0.25, -0.2) is 0 Å². The van der Waals surface area contributed by atoms with Crippen LogP contribution in [0.1, 0.15) is 26.2 Å². The summed E-state index contributed by atoms with van der Waals surface area (Å²) < 4.78 is 0. The Morgan fingerprint density at radius 2 is 1.88 bits per heavy atom. The smallest absolute Gasteiger partial charge is 0.144 e. The molecule has 0 amide bonds. The zero-order chi connectivity index (χ0) is 12.6. The molecular formula is C11H17NO4. The number of ketones is 1. The third-order valence-electron chi connectivity index (χ3n) is 2.60. The lowest BCUT2D eigenvalue weighted by Crippen LogP contribution is -2.33. The van der Waals surface area contributed by atoms with Crippen LogP contribution in [0.5, 0.6) is 0 Å². The molecule has 0 rings (SSSR count). The van der Waals surface area contributed by atoms with Gasteiger partial charge in [0.05, 0.1) is 11.3 Å². The molecule has 5 nitrogen and oxygen atoms in total. The monoisotopic (exact) mass is 227 g/mol. The van der Waals surface area contributed by atoms with Crippen LogP contribution in [-0.2, 0) is 19.2 Å². The minimum atomic E-state index is -1.36. The van der Waals surface area contributed by atoms with E-state index in [0.29, 0.717) is 25.3 Å². The highest BCUT2D eigenvalue weighted by atomic mass is 16.1. The van der Waals surface area contributed by atoms with Crippen molar-refractivity contribution in [2.24, 2.45) is 17.1 Å². The predicted molar refractivity (Wildman–Crippen MR) is 57.7 cm³/mol. The van der Waals surface area contributed by atoms with Crippen molar-refractivity contribution in [1.29, 1.82) is 0 Å². The molecule has 2 N–H and O–H groups in total. The first-order chi connectivity index (χ1) is 7.59. The van der Waals surface area contributed by atoms with Crippen LogP contribution < -0.4 is 5.73 Å². The van der Waals surface area contributed by atoms with Crippen molar-refractivity contribution in [2.45, 2.75) is 26.2 Å². The van der Waals surface area contributed by atoms with E-state index in [1.54, 1.807) is 6.92 Å². The summed E-state index contributed by atoms with van der Waals surface area (Å²) in [4.78, 5) is 43.9. The molecule has 0 saturated carbocycles. The Morgan fingerprint density at radius 1 is 1.31 bits per heavy atom. The summed E-state index contributed by atoms with van der Waals surface area (Å²) in [6.45, 7) is 1.84. The first-order valence-corrected chi connectivity index (χ1v) is 5.19. The van der Waals surface area contributed by atoms with E-state index in [-0.39, 0.29) is 25.2 Å². The highest BCUT2D eigenvalue weighted by Crippen LogP contribution is 2.23. The van der Waals surface area contributed by atoms with Crippen LogP contribution in [0.25, 0.3) is 0 Å². The molecule has 0 spiro atoms. The number of aldehydes is 3. The van der Waals surface area contributed by atoms with E-state index < -0.39 is 11.3 Å². The number of carbonyl (C=O) groups excluding carboxylic acids is 4. The normalized spacial score (nSPS) is 12.9.